The van der Waals surface area contributed by atoms with Crippen molar-refractivity contribution in [3.05, 3.63) is 23.8 Å². The van der Waals surface area contributed by atoms with Crippen molar-refractivity contribution in [1.82, 2.24) is 0 Å². The van der Waals surface area contributed by atoms with Crippen molar-refractivity contribution in [3.8, 4) is 5.75 Å². The largest absolute Gasteiger partial charge is 0.490 e. The van der Waals surface area contributed by atoms with Gasteiger partial charge in [0.1, 0.15) is 16.2 Å². The molecule has 0 amide bonds. The molecular formula is C14H21NO5S. The molecule has 21 heavy (non-hydrogen) atoms. The molecule has 1 aromatic carbocycles. The molecule has 118 valence electrons. The zero-order valence-electron chi connectivity index (χ0n) is 12.8. The van der Waals surface area contributed by atoms with E-state index < -0.39 is 21.6 Å². The molecule has 1 rings (SSSR count). The average Bonchev–Trinajstić information content (AvgIpc) is 2.24. The van der Waals surface area contributed by atoms with E-state index in [1.165, 1.54) is 18.2 Å². The molecule has 0 aliphatic rings. The lowest BCUT2D eigenvalue weighted by atomic mass is 10.1. The summed E-state index contributed by atoms with van der Waals surface area (Å²) in [6, 6.07) is 4.01. The molecule has 0 atom stereocenters. The van der Waals surface area contributed by atoms with Crippen LogP contribution in [0.1, 0.15) is 45.0 Å². The van der Waals surface area contributed by atoms with Crippen molar-refractivity contribution in [1.29, 1.82) is 0 Å². The third-order valence-corrected chi connectivity index (χ3v) is 3.18. The summed E-state index contributed by atoms with van der Waals surface area (Å²) in [5.74, 6) is -0.511. The first-order valence-corrected chi connectivity index (χ1v) is 8.01. The first kappa shape index (κ1) is 17.5. The van der Waals surface area contributed by atoms with E-state index in [0.717, 1.165) is 0 Å². The van der Waals surface area contributed by atoms with E-state index in [1.54, 1.807) is 34.6 Å². The fourth-order valence-electron chi connectivity index (χ4n) is 1.55. The van der Waals surface area contributed by atoms with Gasteiger partial charge in [-0.3, -0.25) is 0 Å². The molecule has 0 heterocycles. The van der Waals surface area contributed by atoms with Crippen LogP contribution in [0.2, 0.25) is 0 Å². The molecule has 0 aromatic heterocycles. The minimum atomic E-state index is -4.01. The van der Waals surface area contributed by atoms with Gasteiger partial charge in [0.2, 0.25) is 10.0 Å². The molecule has 0 aliphatic carbocycles. The minimum absolute atomic E-state index is 0.102. The van der Waals surface area contributed by atoms with Crippen LogP contribution in [-0.4, -0.2) is 26.1 Å². The van der Waals surface area contributed by atoms with E-state index in [-0.39, 0.29) is 22.3 Å². The van der Waals surface area contributed by atoms with Crippen molar-refractivity contribution in [2.45, 2.75) is 51.2 Å². The van der Waals surface area contributed by atoms with Crippen LogP contribution in [0.15, 0.2) is 23.1 Å². The van der Waals surface area contributed by atoms with E-state index in [4.69, 9.17) is 14.6 Å². The third-order valence-electron chi connectivity index (χ3n) is 2.25. The number of rotatable bonds is 4. The number of primary sulfonamides is 1. The maximum Gasteiger partial charge on any atom is 0.338 e. The summed E-state index contributed by atoms with van der Waals surface area (Å²) in [7, 11) is -4.01. The van der Waals surface area contributed by atoms with Gasteiger partial charge < -0.3 is 9.47 Å². The van der Waals surface area contributed by atoms with Crippen molar-refractivity contribution >= 4 is 16.0 Å². The molecule has 0 unspecified atom stereocenters. The quantitative estimate of drug-likeness (QED) is 0.858. The van der Waals surface area contributed by atoms with Crippen LogP contribution in [0, 0.1) is 0 Å². The fourth-order valence-corrected chi connectivity index (χ4v) is 2.23. The highest BCUT2D eigenvalue weighted by Gasteiger charge is 2.22. The van der Waals surface area contributed by atoms with E-state index in [0.29, 0.717) is 0 Å². The number of carbonyl (C=O) groups is 1. The fraction of sp³-hybridized carbons (Fsp3) is 0.500. The predicted octanol–water partition coefficient (Wildman–Crippen LogP) is 2.08. The van der Waals surface area contributed by atoms with Gasteiger partial charge in [-0.05, 0) is 52.8 Å². The van der Waals surface area contributed by atoms with Gasteiger partial charge >= 0.3 is 5.97 Å². The highest BCUT2D eigenvalue weighted by molar-refractivity contribution is 7.89. The Morgan fingerprint density at radius 1 is 1.24 bits per heavy atom. The molecule has 0 aliphatic heterocycles. The molecule has 2 N–H and O–H groups in total. The second kappa shape index (κ2) is 6.03. The van der Waals surface area contributed by atoms with Gasteiger partial charge in [0.25, 0.3) is 0 Å². The molecule has 0 radical (unpaired) electrons. The van der Waals surface area contributed by atoms with Gasteiger partial charge in [-0.25, -0.2) is 18.4 Å². The summed E-state index contributed by atoms with van der Waals surface area (Å²) in [5, 5.41) is 5.17. The summed E-state index contributed by atoms with van der Waals surface area (Å²) in [4.78, 5) is 11.7. The van der Waals surface area contributed by atoms with Gasteiger partial charge in [0, 0.05) is 0 Å². The van der Waals surface area contributed by atoms with Crippen molar-refractivity contribution in [2.24, 2.45) is 5.14 Å². The molecule has 1 aromatic rings. The zero-order chi connectivity index (χ0) is 16.4. The molecule has 0 spiro atoms. The normalized spacial score (nSPS) is 12.3. The topological polar surface area (TPSA) is 95.7 Å². The van der Waals surface area contributed by atoms with Gasteiger partial charge in [0.05, 0.1) is 11.7 Å². The number of benzene rings is 1. The summed E-state index contributed by atoms with van der Waals surface area (Å²) in [6.07, 6.45) is -0.224. The zero-order valence-corrected chi connectivity index (χ0v) is 13.7. The predicted molar refractivity (Wildman–Crippen MR) is 78.7 cm³/mol. The maximum atomic E-state index is 12.0. The Bertz CT molecular complexity index is 629. The second-order valence-corrected chi connectivity index (χ2v) is 7.40. The Morgan fingerprint density at radius 3 is 2.24 bits per heavy atom. The van der Waals surface area contributed by atoms with Crippen LogP contribution in [-0.2, 0) is 14.8 Å². The van der Waals surface area contributed by atoms with Gasteiger partial charge in [-0.15, -0.1) is 0 Å². The van der Waals surface area contributed by atoms with Crippen molar-refractivity contribution in [3.63, 3.8) is 0 Å². The van der Waals surface area contributed by atoms with E-state index in [2.05, 4.69) is 0 Å². The summed E-state index contributed by atoms with van der Waals surface area (Å²) in [6.45, 7) is 8.69. The first-order chi connectivity index (χ1) is 9.40. The SMILES string of the molecule is CC(C)Oc1ccc(C(=O)OC(C)(C)C)cc1S(N)(=O)=O. The minimum Gasteiger partial charge on any atom is -0.490 e. The van der Waals surface area contributed by atoms with Crippen molar-refractivity contribution in [2.75, 3.05) is 0 Å². The number of hydrogen-bond acceptors (Lipinski definition) is 5. The monoisotopic (exact) mass is 315 g/mol. The molecule has 6 nitrogen and oxygen atoms in total. The number of ether oxygens (including phenoxy) is 2. The number of esters is 1. The van der Waals surface area contributed by atoms with Gasteiger partial charge in [-0.1, -0.05) is 0 Å². The molecular weight excluding hydrogens is 294 g/mol. The standard InChI is InChI=1S/C14H21NO5S/c1-9(2)19-11-7-6-10(8-12(11)21(15,17)18)13(16)20-14(3,4)5/h6-9H,1-5H3,(H2,15,17,18). The Balaban J connectivity index is 3.25. The molecule has 0 fully saturated rings. The molecule has 0 bridgehead atoms. The Kier molecular flexibility index (Phi) is 5.01. The second-order valence-electron chi connectivity index (χ2n) is 5.88. The number of carbonyl (C=O) groups excluding carboxylic acids is 1. The van der Waals surface area contributed by atoms with Crippen LogP contribution < -0.4 is 9.88 Å². The van der Waals surface area contributed by atoms with Crippen molar-refractivity contribution < 1.29 is 22.7 Å². The number of hydrogen-bond donors (Lipinski definition) is 1. The van der Waals surface area contributed by atoms with Crippen LogP contribution in [0.5, 0.6) is 5.75 Å². The molecule has 7 heteroatoms. The molecule has 0 saturated heterocycles. The summed E-state index contributed by atoms with van der Waals surface area (Å²) in [5.41, 5.74) is -0.573. The smallest absolute Gasteiger partial charge is 0.338 e. The third kappa shape index (κ3) is 5.35. The number of sulfonamides is 1. The van der Waals surface area contributed by atoms with Crippen LogP contribution in [0.3, 0.4) is 0 Å². The number of nitrogens with two attached hydrogens (primary N) is 1. The lowest BCUT2D eigenvalue weighted by Crippen LogP contribution is -2.24. The highest BCUT2D eigenvalue weighted by atomic mass is 32.2. The van der Waals surface area contributed by atoms with E-state index >= 15 is 0 Å². The average molecular weight is 315 g/mol. The lowest BCUT2D eigenvalue weighted by molar-refractivity contribution is 0.00692. The maximum absolute atomic E-state index is 12.0. The van der Waals surface area contributed by atoms with Crippen LogP contribution in [0.4, 0.5) is 0 Å². The van der Waals surface area contributed by atoms with E-state index in [1.807, 2.05) is 0 Å². The molecule has 0 saturated carbocycles. The van der Waals surface area contributed by atoms with Crippen LogP contribution in [0.25, 0.3) is 0 Å². The Morgan fingerprint density at radius 2 is 1.81 bits per heavy atom. The first-order valence-electron chi connectivity index (χ1n) is 6.47. The highest BCUT2D eigenvalue weighted by Crippen LogP contribution is 2.26. The van der Waals surface area contributed by atoms with E-state index in [9.17, 15) is 13.2 Å². The van der Waals surface area contributed by atoms with Gasteiger partial charge in [0.15, 0.2) is 0 Å². The summed E-state index contributed by atoms with van der Waals surface area (Å²) >= 11 is 0. The Hall–Kier alpha value is -1.60. The Labute approximate surface area is 125 Å². The lowest BCUT2D eigenvalue weighted by Gasteiger charge is -2.20. The summed E-state index contributed by atoms with van der Waals surface area (Å²) < 4.78 is 33.9. The van der Waals surface area contributed by atoms with Gasteiger partial charge in [-0.2, -0.15) is 0 Å². The van der Waals surface area contributed by atoms with Crippen LogP contribution >= 0.6 is 0 Å².